The zero-order valence-electron chi connectivity index (χ0n) is 17.7. The maximum Gasteiger partial charge on any atom is 0.429 e. The molecule has 1 rings (SSSR count). The van der Waals surface area contributed by atoms with Crippen molar-refractivity contribution in [3.8, 4) is 0 Å². The van der Waals surface area contributed by atoms with Crippen LogP contribution < -0.4 is 0 Å². The van der Waals surface area contributed by atoms with Gasteiger partial charge in [0.1, 0.15) is 0 Å². The maximum absolute atomic E-state index is 13.2. The highest BCUT2D eigenvalue weighted by Crippen LogP contribution is 2.36. The third-order valence-electron chi connectivity index (χ3n) is 4.67. The van der Waals surface area contributed by atoms with E-state index in [1.165, 1.54) is 56.4 Å². The molecule has 0 spiro atoms. The smallest absolute Gasteiger partial charge is 0.429 e. The van der Waals surface area contributed by atoms with Crippen LogP contribution in [0.3, 0.4) is 0 Å². The first kappa shape index (κ1) is 26.0. The first-order chi connectivity index (χ1) is 14.3. The van der Waals surface area contributed by atoms with Crippen molar-refractivity contribution in [2.75, 3.05) is 6.61 Å². The van der Waals surface area contributed by atoms with Gasteiger partial charge in [0, 0.05) is 18.4 Å². The van der Waals surface area contributed by atoms with Crippen LogP contribution in [0, 0.1) is 0 Å². The van der Waals surface area contributed by atoms with E-state index in [-0.39, 0.29) is 24.8 Å². The summed E-state index contributed by atoms with van der Waals surface area (Å²) in [4.78, 5) is 23.5. The standard InChI is InChI=1S/C23H33F3O4/c1-2-3-4-5-6-7-8-12-18-29-20(27)16-13-17-21(28)30-22(23(24,25)26)19-14-10-9-11-15-19/h9-11,14-15,22H,2-8,12-13,16-18H2,1H3. The predicted molar refractivity (Wildman–Crippen MR) is 109 cm³/mol. The molecule has 7 heteroatoms. The number of rotatable bonds is 15. The summed E-state index contributed by atoms with van der Waals surface area (Å²) in [6.07, 6.45) is 1.91. The van der Waals surface area contributed by atoms with E-state index < -0.39 is 24.2 Å². The van der Waals surface area contributed by atoms with E-state index in [4.69, 9.17) is 4.74 Å². The predicted octanol–water partition coefficient (Wildman–Crippen LogP) is 6.69. The summed E-state index contributed by atoms with van der Waals surface area (Å²) >= 11 is 0. The molecule has 0 amide bonds. The van der Waals surface area contributed by atoms with Gasteiger partial charge >= 0.3 is 18.1 Å². The van der Waals surface area contributed by atoms with E-state index in [0.717, 1.165) is 19.3 Å². The van der Waals surface area contributed by atoms with Gasteiger partial charge in [-0.15, -0.1) is 0 Å². The van der Waals surface area contributed by atoms with Gasteiger partial charge < -0.3 is 9.47 Å². The van der Waals surface area contributed by atoms with Crippen molar-refractivity contribution in [3.05, 3.63) is 35.9 Å². The van der Waals surface area contributed by atoms with Gasteiger partial charge in [-0.25, -0.2) is 0 Å². The Morgan fingerprint density at radius 1 is 0.833 bits per heavy atom. The average molecular weight is 431 g/mol. The molecule has 30 heavy (non-hydrogen) atoms. The van der Waals surface area contributed by atoms with Gasteiger partial charge in [-0.3, -0.25) is 9.59 Å². The number of unbranched alkanes of at least 4 members (excludes halogenated alkanes) is 7. The van der Waals surface area contributed by atoms with Crippen LogP contribution >= 0.6 is 0 Å². The summed E-state index contributed by atoms with van der Waals surface area (Å²) in [7, 11) is 0. The molecule has 0 aromatic heterocycles. The molecule has 0 aliphatic rings. The minimum absolute atomic E-state index is 0.0197. The van der Waals surface area contributed by atoms with Crippen molar-refractivity contribution in [1.82, 2.24) is 0 Å². The van der Waals surface area contributed by atoms with Gasteiger partial charge in [0.05, 0.1) is 6.61 Å². The number of esters is 2. The second-order valence-electron chi connectivity index (χ2n) is 7.37. The number of hydrogen-bond acceptors (Lipinski definition) is 4. The Morgan fingerprint density at radius 2 is 1.40 bits per heavy atom. The fourth-order valence-electron chi connectivity index (χ4n) is 3.01. The Morgan fingerprint density at radius 3 is 2.00 bits per heavy atom. The van der Waals surface area contributed by atoms with Gasteiger partial charge in [0.15, 0.2) is 0 Å². The summed E-state index contributed by atoms with van der Waals surface area (Å²) in [6.45, 7) is 2.52. The lowest BCUT2D eigenvalue weighted by atomic mass is 10.1. The number of benzene rings is 1. The Kier molecular flexibility index (Phi) is 12.9. The van der Waals surface area contributed by atoms with Crippen molar-refractivity contribution in [3.63, 3.8) is 0 Å². The number of alkyl halides is 3. The van der Waals surface area contributed by atoms with E-state index in [1.807, 2.05) is 0 Å². The molecule has 0 bridgehead atoms. The summed E-state index contributed by atoms with van der Waals surface area (Å²) in [5, 5.41) is 0. The van der Waals surface area contributed by atoms with Gasteiger partial charge in [0.25, 0.3) is 0 Å². The molecule has 170 valence electrons. The number of halogens is 3. The van der Waals surface area contributed by atoms with E-state index in [9.17, 15) is 22.8 Å². The molecule has 0 aliphatic carbocycles. The third kappa shape index (κ3) is 11.8. The van der Waals surface area contributed by atoms with Crippen LogP contribution in [-0.2, 0) is 19.1 Å². The number of ether oxygens (including phenoxy) is 2. The molecule has 1 unspecified atom stereocenters. The molecule has 1 aromatic rings. The van der Waals surface area contributed by atoms with E-state index in [1.54, 1.807) is 6.07 Å². The highest BCUT2D eigenvalue weighted by molar-refractivity contribution is 5.72. The lowest BCUT2D eigenvalue weighted by molar-refractivity contribution is -0.224. The molecule has 1 aromatic carbocycles. The summed E-state index contributed by atoms with van der Waals surface area (Å²) in [5.74, 6) is -1.43. The minimum atomic E-state index is -4.70. The molecule has 0 heterocycles. The van der Waals surface area contributed by atoms with Crippen LogP contribution in [0.5, 0.6) is 0 Å². The van der Waals surface area contributed by atoms with Crippen LogP contribution in [0.1, 0.15) is 89.2 Å². The van der Waals surface area contributed by atoms with Gasteiger partial charge in [-0.05, 0) is 12.8 Å². The van der Waals surface area contributed by atoms with Crippen molar-refractivity contribution >= 4 is 11.9 Å². The molecule has 4 nitrogen and oxygen atoms in total. The van der Waals surface area contributed by atoms with E-state index in [2.05, 4.69) is 11.7 Å². The molecule has 1 atom stereocenters. The SMILES string of the molecule is CCCCCCCCCCOC(=O)CCCC(=O)OC(c1ccccc1)C(F)(F)F. The molecule has 0 radical (unpaired) electrons. The monoisotopic (exact) mass is 430 g/mol. The van der Waals surface area contributed by atoms with Crippen molar-refractivity contribution < 1.29 is 32.2 Å². The zero-order chi connectivity index (χ0) is 22.2. The molecule has 0 saturated heterocycles. The number of hydrogen-bond donors (Lipinski definition) is 0. The maximum atomic E-state index is 13.2. The topological polar surface area (TPSA) is 52.6 Å². The van der Waals surface area contributed by atoms with Gasteiger partial charge in [-0.2, -0.15) is 13.2 Å². The zero-order valence-corrected chi connectivity index (χ0v) is 17.7. The first-order valence-corrected chi connectivity index (χ1v) is 10.8. The lowest BCUT2D eigenvalue weighted by Gasteiger charge is -2.21. The highest BCUT2D eigenvalue weighted by Gasteiger charge is 2.43. The molecule has 0 saturated carbocycles. The van der Waals surface area contributed by atoms with Crippen LogP contribution in [0.25, 0.3) is 0 Å². The molecular formula is C23H33F3O4. The lowest BCUT2D eigenvalue weighted by Crippen LogP contribution is -2.26. The van der Waals surface area contributed by atoms with Crippen LogP contribution in [0.4, 0.5) is 13.2 Å². The van der Waals surface area contributed by atoms with Crippen LogP contribution in [0.15, 0.2) is 30.3 Å². The van der Waals surface area contributed by atoms with Crippen LogP contribution in [0.2, 0.25) is 0 Å². The largest absolute Gasteiger partial charge is 0.466 e. The minimum Gasteiger partial charge on any atom is -0.466 e. The second-order valence-corrected chi connectivity index (χ2v) is 7.37. The van der Waals surface area contributed by atoms with Crippen molar-refractivity contribution in [1.29, 1.82) is 0 Å². The second kappa shape index (κ2) is 14.9. The Balaban J connectivity index is 2.17. The Bertz CT molecular complexity index is 602. The molecule has 0 N–H and O–H groups in total. The Labute approximate surface area is 177 Å². The summed E-state index contributed by atoms with van der Waals surface area (Å²) in [6, 6.07) is 6.99. The number of carbonyl (C=O) groups is 2. The normalized spacial score (nSPS) is 12.4. The van der Waals surface area contributed by atoms with Crippen molar-refractivity contribution in [2.45, 2.75) is 89.8 Å². The summed E-state index contributed by atoms with van der Waals surface area (Å²) < 4.78 is 49.2. The first-order valence-electron chi connectivity index (χ1n) is 10.8. The van der Waals surface area contributed by atoms with Crippen molar-refractivity contribution in [2.24, 2.45) is 0 Å². The third-order valence-corrected chi connectivity index (χ3v) is 4.67. The van der Waals surface area contributed by atoms with Gasteiger partial charge in [0.2, 0.25) is 6.10 Å². The molecule has 0 fully saturated rings. The molecule has 0 aliphatic heterocycles. The van der Waals surface area contributed by atoms with E-state index >= 15 is 0 Å². The fraction of sp³-hybridized carbons (Fsp3) is 0.652. The van der Waals surface area contributed by atoms with Gasteiger partial charge in [-0.1, -0.05) is 82.2 Å². The quantitative estimate of drug-likeness (QED) is 0.230. The Hall–Kier alpha value is -2.05. The molecular weight excluding hydrogens is 397 g/mol. The average Bonchev–Trinajstić information content (AvgIpc) is 2.70. The number of carbonyl (C=O) groups excluding carboxylic acids is 2. The highest BCUT2D eigenvalue weighted by atomic mass is 19.4. The van der Waals surface area contributed by atoms with E-state index in [0.29, 0.717) is 6.61 Å². The summed E-state index contributed by atoms with van der Waals surface area (Å²) in [5.41, 5.74) is -0.136. The van der Waals surface area contributed by atoms with Crippen LogP contribution in [-0.4, -0.2) is 24.7 Å². The fourth-order valence-corrected chi connectivity index (χ4v) is 3.01.